The van der Waals surface area contributed by atoms with E-state index in [0.717, 1.165) is 10.0 Å². The van der Waals surface area contributed by atoms with E-state index >= 15 is 0 Å². The fraction of sp³-hybridized carbons (Fsp3) is 0.333. The molecular formula is C15H14BrNO2. The van der Waals surface area contributed by atoms with Gasteiger partial charge >= 0.3 is 0 Å². The van der Waals surface area contributed by atoms with E-state index in [1.54, 1.807) is 0 Å². The number of imide groups is 1. The van der Waals surface area contributed by atoms with Crippen LogP contribution in [0.2, 0.25) is 0 Å². The third-order valence-electron chi connectivity index (χ3n) is 3.92. The summed E-state index contributed by atoms with van der Waals surface area (Å²) >= 11 is 3.45. The van der Waals surface area contributed by atoms with Gasteiger partial charge < -0.3 is 0 Å². The van der Waals surface area contributed by atoms with E-state index in [-0.39, 0.29) is 23.7 Å². The predicted octanol–water partition coefficient (Wildman–Crippen LogP) is 3.21. The van der Waals surface area contributed by atoms with Crippen LogP contribution >= 0.6 is 15.9 Å². The number of anilines is 1. The van der Waals surface area contributed by atoms with Crippen LogP contribution in [0, 0.1) is 18.8 Å². The molecule has 1 aliphatic heterocycles. The summed E-state index contributed by atoms with van der Waals surface area (Å²) in [5, 5.41) is 0. The highest BCUT2D eigenvalue weighted by Crippen LogP contribution is 2.38. The number of fused-ring (bicyclic) bond motifs is 1. The maximum absolute atomic E-state index is 12.4. The zero-order chi connectivity index (χ0) is 13.6. The molecule has 4 heteroatoms. The Morgan fingerprint density at radius 3 is 2.21 bits per heavy atom. The normalized spacial score (nSPS) is 25.9. The maximum atomic E-state index is 12.4. The number of hydrogen-bond donors (Lipinski definition) is 0. The first kappa shape index (κ1) is 12.6. The van der Waals surface area contributed by atoms with Gasteiger partial charge in [0.05, 0.1) is 17.5 Å². The van der Waals surface area contributed by atoms with E-state index in [9.17, 15) is 9.59 Å². The first-order chi connectivity index (χ1) is 9.09. The van der Waals surface area contributed by atoms with Crippen LogP contribution in [0.15, 0.2) is 34.8 Å². The van der Waals surface area contributed by atoms with E-state index in [0.29, 0.717) is 18.5 Å². The topological polar surface area (TPSA) is 37.4 Å². The number of benzene rings is 1. The Kier molecular flexibility index (Phi) is 3.05. The van der Waals surface area contributed by atoms with Gasteiger partial charge in [0.15, 0.2) is 0 Å². The molecule has 1 saturated heterocycles. The highest BCUT2D eigenvalue weighted by atomic mass is 79.9. The summed E-state index contributed by atoms with van der Waals surface area (Å²) in [5.74, 6) is -0.458. The second-order valence-electron chi connectivity index (χ2n) is 5.10. The minimum atomic E-state index is -0.169. The first-order valence-electron chi connectivity index (χ1n) is 6.38. The minimum absolute atomic E-state index is 0.0601. The predicted molar refractivity (Wildman–Crippen MR) is 76.7 cm³/mol. The van der Waals surface area contributed by atoms with Crippen LogP contribution in [0.5, 0.6) is 0 Å². The van der Waals surface area contributed by atoms with Crippen LogP contribution in [0.25, 0.3) is 0 Å². The number of amides is 2. The molecule has 1 aliphatic carbocycles. The van der Waals surface area contributed by atoms with Crippen molar-refractivity contribution in [2.24, 2.45) is 11.8 Å². The lowest BCUT2D eigenvalue weighted by Crippen LogP contribution is -2.30. The van der Waals surface area contributed by atoms with Gasteiger partial charge in [0, 0.05) is 4.47 Å². The highest BCUT2D eigenvalue weighted by Gasteiger charge is 2.47. The molecule has 0 spiro atoms. The molecule has 19 heavy (non-hydrogen) atoms. The second-order valence-corrected chi connectivity index (χ2v) is 5.96. The van der Waals surface area contributed by atoms with E-state index in [4.69, 9.17) is 0 Å². The van der Waals surface area contributed by atoms with E-state index in [1.807, 2.05) is 37.3 Å². The summed E-state index contributed by atoms with van der Waals surface area (Å²) in [5.41, 5.74) is 1.75. The molecule has 2 amide bonds. The number of allylic oxidation sites excluding steroid dienone is 2. The second kappa shape index (κ2) is 4.60. The standard InChI is InChI=1S/C15H14BrNO2/c1-9-6-7-10(8-13(9)16)17-14(18)11-4-2-3-5-12(11)15(17)19/h2-3,6-8,11-12H,4-5H2,1H3/t11-,12+. The fourth-order valence-corrected chi connectivity index (χ4v) is 3.14. The van der Waals surface area contributed by atoms with Crippen molar-refractivity contribution in [1.82, 2.24) is 0 Å². The lowest BCUT2D eigenvalue weighted by Gasteiger charge is -2.15. The molecule has 3 rings (SSSR count). The van der Waals surface area contributed by atoms with Crippen molar-refractivity contribution in [3.63, 3.8) is 0 Å². The third-order valence-corrected chi connectivity index (χ3v) is 4.78. The Morgan fingerprint density at radius 2 is 1.68 bits per heavy atom. The zero-order valence-electron chi connectivity index (χ0n) is 10.6. The monoisotopic (exact) mass is 319 g/mol. The molecule has 0 radical (unpaired) electrons. The first-order valence-corrected chi connectivity index (χ1v) is 7.18. The molecule has 0 unspecified atom stereocenters. The van der Waals surface area contributed by atoms with Crippen molar-refractivity contribution in [2.75, 3.05) is 4.90 Å². The van der Waals surface area contributed by atoms with Gasteiger partial charge in [0.2, 0.25) is 11.8 Å². The third kappa shape index (κ3) is 1.94. The van der Waals surface area contributed by atoms with Crippen molar-refractivity contribution in [1.29, 1.82) is 0 Å². The number of nitrogens with zero attached hydrogens (tertiary/aromatic N) is 1. The zero-order valence-corrected chi connectivity index (χ0v) is 12.2. The summed E-state index contributed by atoms with van der Waals surface area (Å²) in [6, 6.07) is 5.59. The minimum Gasteiger partial charge on any atom is -0.274 e. The van der Waals surface area contributed by atoms with Gasteiger partial charge in [-0.3, -0.25) is 9.59 Å². The van der Waals surface area contributed by atoms with Gasteiger partial charge in [-0.1, -0.05) is 34.1 Å². The Labute approximate surface area is 120 Å². The molecule has 0 saturated carbocycles. The number of aryl methyl sites for hydroxylation is 1. The Hall–Kier alpha value is -1.42. The number of halogens is 1. The highest BCUT2D eigenvalue weighted by molar-refractivity contribution is 9.10. The van der Waals surface area contributed by atoms with Gasteiger partial charge in [-0.2, -0.15) is 0 Å². The summed E-state index contributed by atoms with van der Waals surface area (Å²) in [6.45, 7) is 1.98. The van der Waals surface area contributed by atoms with Crippen molar-refractivity contribution in [3.8, 4) is 0 Å². The van der Waals surface area contributed by atoms with Crippen LogP contribution in [0.1, 0.15) is 18.4 Å². The van der Waals surface area contributed by atoms with Crippen molar-refractivity contribution in [2.45, 2.75) is 19.8 Å². The van der Waals surface area contributed by atoms with Crippen LogP contribution in [0.4, 0.5) is 5.69 Å². The molecule has 0 aromatic heterocycles. The molecule has 0 bridgehead atoms. The molecule has 0 N–H and O–H groups in total. The average Bonchev–Trinajstić information content (AvgIpc) is 2.66. The number of carbonyl (C=O) groups is 2. The van der Waals surface area contributed by atoms with Crippen LogP contribution in [0.3, 0.4) is 0 Å². The molecule has 1 aromatic rings. The van der Waals surface area contributed by atoms with Gasteiger partial charge in [-0.15, -0.1) is 0 Å². The van der Waals surface area contributed by atoms with E-state index in [2.05, 4.69) is 15.9 Å². The maximum Gasteiger partial charge on any atom is 0.238 e. The number of hydrogen-bond acceptors (Lipinski definition) is 2. The molecular weight excluding hydrogens is 306 g/mol. The van der Waals surface area contributed by atoms with Gasteiger partial charge in [-0.25, -0.2) is 4.90 Å². The molecule has 1 heterocycles. The smallest absolute Gasteiger partial charge is 0.238 e. The van der Waals surface area contributed by atoms with Gasteiger partial charge in [0.1, 0.15) is 0 Å². The van der Waals surface area contributed by atoms with E-state index in [1.165, 1.54) is 4.90 Å². The largest absolute Gasteiger partial charge is 0.274 e. The molecule has 1 aromatic carbocycles. The Balaban J connectivity index is 1.99. The number of rotatable bonds is 1. The SMILES string of the molecule is Cc1ccc(N2C(=O)[C@H]3CC=CC[C@H]3C2=O)cc1Br. The summed E-state index contributed by atoms with van der Waals surface area (Å²) in [4.78, 5) is 26.2. The van der Waals surface area contributed by atoms with Crippen molar-refractivity contribution in [3.05, 3.63) is 40.4 Å². The van der Waals surface area contributed by atoms with Crippen LogP contribution in [-0.4, -0.2) is 11.8 Å². The summed E-state index contributed by atoms with van der Waals surface area (Å²) < 4.78 is 0.915. The lowest BCUT2D eigenvalue weighted by molar-refractivity contribution is -0.122. The van der Waals surface area contributed by atoms with E-state index < -0.39 is 0 Å². The average molecular weight is 320 g/mol. The van der Waals surface area contributed by atoms with Gasteiger partial charge in [-0.05, 0) is 37.5 Å². The van der Waals surface area contributed by atoms with Crippen LogP contribution < -0.4 is 4.90 Å². The van der Waals surface area contributed by atoms with Crippen molar-refractivity contribution < 1.29 is 9.59 Å². The Morgan fingerprint density at radius 1 is 1.11 bits per heavy atom. The molecule has 98 valence electrons. The molecule has 3 nitrogen and oxygen atoms in total. The van der Waals surface area contributed by atoms with Gasteiger partial charge in [0.25, 0.3) is 0 Å². The van der Waals surface area contributed by atoms with Crippen LogP contribution in [-0.2, 0) is 9.59 Å². The quantitative estimate of drug-likeness (QED) is 0.588. The summed E-state index contributed by atoms with van der Waals surface area (Å²) in [7, 11) is 0. The fourth-order valence-electron chi connectivity index (χ4n) is 2.78. The lowest BCUT2D eigenvalue weighted by atomic mass is 9.85. The Bertz CT molecular complexity index is 568. The summed E-state index contributed by atoms with van der Waals surface area (Å²) in [6.07, 6.45) is 5.36. The number of carbonyl (C=O) groups excluding carboxylic acids is 2. The molecule has 2 atom stereocenters. The molecule has 1 fully saturated rings. The molecule has 2 aliphatic rings. The van der Waals surface area contributed by atoms with Crippen molar-refractivity contribution >= 4 is 33.4 Å².